The minimum absolute atomic E-state index is 0.0540. The fourth-order valence-corrected chi connectivity index (χ4v) is 3.19. The average molecular weight is 441 g/mol. The molecule has 6 nitrogen and oxygen atoms in total. The minimum Gasteiger partial charge on any atom is -0.487 e. The SMILES string of the molecule is O=C(COC(=O)Cc1ccc(OCc2ccc3ccccc3n2)cc1)OCc1ccccc1. The van der Waals surface area contributed by atoms with Gasteiger partial charge in [0.15, 0.2) is 6.61 Å². The van der Waals surface area contributed by atoms with Crippen molar-refractivity contribution in [2.24, 2.45) is 0 Å². The summed E-state index contributed by atoms with van der Waals surface area (Å²) < 4.78 is 15.9. The Bertz CT molecular complexity index is 1220. The molecule has 4 aromatic rings. The number of hydrogen-bond donors (Lipinski definition) is 0. The lowest BCUT2D eigenvalue weighted by Crippen LogP contribution is -2.17. The van der Waals surface area contributed by atoms with Crippen LogP contribution in [0.15, 0.2) is 91.0 Å². The Labute approximate surface area is 191 Å². The van der Waals surface area contributed by atoms with Crippen molar-refractivity contribution >= 4 is 22.8 Å². The number of carbonyl (C=O) groups is 2. The van der Waals surface area contributed by atoms with Gasteiger partial charge in [-0.3, -0.25) is 4.79 Å². The molecule has 166 valence electrons. The number of hydrogen-bond acceptors (Lipinski definition) is 6. The number of ether oxygens (including phenoxy) is 3. The normalized spacial score (nSPS) is 10.5. The van der Waals surface area contributed by atoms with Crippen LogP contribution in [0.3, 0.4) is 0 Å². The standard InChI is InChI=1S/C27H23NO5/c29-26(33-19-27(30)32-17-21-6-2-1-3-7-21)16-20-10-14-24(15-11-20)31-18-23-13-12-22-8-4-5-9-25(22)28-23/h1-15H,16-19H2. The third kappa shape index (κ3) is 6.64. The van der Waals surface area contributed by atoms with Crippen LogP contribution in [0.4, 0.5) is 0 Å². The molecule has 0 unspecified atom stereocenters. The molecule has 0 amide bonds. The van der Waals surface area contributed by atoms with Crippen LogP contribution in [0.1, 0.15) is 16.8 Å². The third-order valence-electron chi connectivity index (χ3n) is 4.91. The highest BCUT2D eigenvalue weighted by molar-refractivity contribution is 5.78. The molecule has 1 heterocycles. The lowest BCUT2D eigenvalue weighted by atomic mass is 10.1. The molecule has 0 radical (unpaired) electrons. The molecule has 0 fully saturated rings. The highest BCUT2D eigenvalue weighted by Crippen LogP contribution is 2.16. The summed E-state index contributed by atoms with van der Waals surface area (Å²) in [5.74, 6) is -0.412. The van der Waals surface area contributed by atoms with Crippen LogP contribution in [0, 0.1) is 0 Å². The maximum Gasteiger partial charge on any atom is 0.344 e. The first kappa shape index (κ1) is 22.0. The zero-order valence-electron chi connectivity index (χ0n) is 18.0. The summed E-state index contributed by atoms with van der Waals surface area (Å²) in [5, 5.41) is 1.09. The van der Waals surface area contributed by atoms with Gasteiger partial charge in [0.25, 0.3) is 0 Å². The second-order valence-corrected chi connectivity index (χ2v) is 7.41. The first-order valence-electron chi connectivity index (χ1n) is 10.6. The summed E-state index contributed by atoms with van der Waals surface area (Å²) in [6.45, 7) is 0.0797. The molecule has 0 saturated carbocycles. The van der Waals surface area contributed by atoms with Crippen LogP contribution in [-0.2, 0) is 38.7 Å². The van der Waals surface area contributed by atoms with Crippen molar-refractivity contribution in [1.29, 1.82) is 0 Å². The molecule has 0 bridgehead atoms. The van der Waals surface area contributed by atoms with Gasteiger partial charge in [-0.2, -0.15) is 0 Å². The Balaban J connectivity index is 1.20. The van der Waals surface area contributed by atoms with Crippen LogP contribution in [0.25, 0.3) is 10.9 Å². The number of para-hydroxylation sites is 1. The smallest absolute Gasteiger partial charge is 0.344 e. The number of nitrogens with zero attached hydrogens (tertiary/aromatic N) is 1. The van der Waals surface area contributed by atoms with Gasteiger partial charge in [-0.05, 0) is 35.4 Å². The largest absolute Gasteiger partial charge is 0.487 e. The van der Waals surface area contributed by atoms with Crippen molar-refractivity contribution in [2.75, 3.05) is 6.61 Å². The number of aromatic nitrogens is 1. The monoisotopic (exact) mass is 441 g/mol. The molecule has 4 rings (SSSR count). The summed E-state index contributed by atoms with van der Waals surface area (Å²) in [7, 11) is 0. The van der Waals surface area contributed by atoms with Crippen LogP contribution in [-0.4, -0.2) is 23.5 Å². The van der Waals surface area contributed by atoms with E-state index in [0.717, 1.165) is 27.7 Å². The number of pyridine rings is 1. The van der Waals surface area contributed by atoms with Crippen molar-refractivity contribution in [3.05, 3.63) is 108 Å². The summed E-state index contributed by atoms with van der Waals surface area (Å²) in [5.41, 5.74) is 3.39. The number of benzene rings is 3. The van der Waals surface area contributed by atoms with Gasteiger partial charge in [-0.1, -0.05) is 66.7 Å². The number of esters is 2. The summed E-state index contributed by atoms with van der Waals surface area (Å²) in [4.78, 5) is 28.4. The Morgan fingerprint density at radius 1 is 0.667 bits per heavy atom. The van der Waals surface area contributed by atoms with Gasteiger partial charge in [0.2, 0.25) is 0 Å². The molecule has 3 aromatic carbocycles. The molecular weight excluding hydrogens is 418 g/mol. The van der Waals surface area contributed by atoms with Crippen molar-refractivity contribution in [2.45, 2.75) is 19.6 Å². The zero-order chi connectivity index (χ0) is 22.9. The van der Waals surface area contributed by atoms with Gasteiger partial charge in [0, 0.05) is 5.39 Å². The summed E-state index contributed by atoms with van der Waals surface area (Å²) in [6, 6.07) is 28.4. The highest BCUT2D eigenvalue weighted by atomic mass is 16.6. The topological polar surface area (TPSA) is 74.7 Å². The maximum absolute atomic E-state index is 12.0. The van der Waals surface area contributed by atoms with Gasteiger partial charge in [-0.25, -0.2) is 9.78 Å². The Morgan fingerprint density at radius 3 is 2.24 bits per heavy atom. The molecule has 1 aromatic heterocycles. The fraction of sp³-hybridized carbons (Fsp3) is 0.148. The van der Waals surface area contributed by atoms with Gasteiger partial charge in [-0.15, -0.1) is 0 Å². The average Bonchev–Trinajstić information content (AvgIpc) is 2.86. The molecule has 0 N–H and O–H groups in total. The van der Waals surface area contributed by atoms with Crippen LogP contribution in [0.5, 0.6) is 5.75 Å². The molecule has 6 heteroatoms. The molecule has 0 atom stereocenters. The van der Waals surface area contributed by atoms with Gasteiger partial charge in [0.05, 0.1) is 17.6 Å². The van der Waals surface area contributed by atoms with Crippen molar-refractivity contribution in [3.8, 4) is 5.75 Å². The van der Waals surface area contributed by atoms with E-state index in [1.165, 1.54) is 0 Å². The van der Waals surface area contributed by atoms with Crippen LogP contribution < -0.4 is 4.74 Å². The molecule has 33 heavy (non-hydrogen) atoms. The van der Waals surface area contributed by atoms with E-state index in [1.54, 1.807) is 24.3 Å². The predicted octanol–water partition coefficient (Wildman–Crippen LogP) is 4.64. The number of carbonyl (C=O) groups excluding carboxylic acids is 2. The van der Waals surface area contributed by atoms with E-state index in [-0.39, 0.29) is 13.0 Å². The van der Waals surface area contributed by atoms with E-state index < -0.39 is 18.5 Å². The Kier molecular flexibility index (Phi) is 7.28. The second kappa shape index (κ2) is 10.9. The van der Waals surface area contributed by atoms with Crippen molar-refractivity contribution in [3.63, 3.8) is 0 Å². The van der Waals surface area contributed by atoms with E-state index in [1.807, 2.05) is 66.7 Å². The third-order valence-corrected chi connectivity index (χ3v) is 4.91. The maximum atomic E-state index is 12.0. The first-order valence-corrected chi connectivity index (χ1v) is 10.6. The van der Waals surface area contributed by atoms with E-state index in [9.17, 15) is 9.59 Å². The lowest BCUT2D eigenvalue weighted by Gasteiger charge is -2.08. The second-order valence-electron chi connectivity index (χ2n) is 7.41. The van der Waals surface area contributed by atoms with E-state index in [0.29, 0.717) is 12.4 Å². The molecule has 0 saturated heterocycles. The van der Waals surface area contributed by atoms with Crippen LogP contribution in [0.2, 0.25) is 0 Å². The minimum atomic E-state index is -0.585. The molecule has 0 spiro atoms. The molecule has 0 aliphatic heterocycles. The van der Waals surface area contributed by atoms with E-state index in [2.05, 4.69) is 4.98 Å². The zero-order valence-corrected chi connectivity index (χ0v) is 18.0. The van der Waals surface area contributed by atoms with Crippen molar-refractivity contribution in [1.82, 2.24) is 4.98 Å². The fourth-order valence-electron chi connectivity index (χ4n) is 3.19. The lowest BCUT2D eigenvalue weighted by molar-refractivity contribution is -0.159. The van der Waals surface area contributed by atoms with Gasteiger partial charge < -0.3 is 14.2 Å². The molecular formula is C27H23NO5. The molecule has 0 aliphatic carbocycles. The molecule has 0 aliphatic rings. The Hall–Kier alpha value is -4.19. The first-order chi connectivity index (χ1) is 16.2. The number of fused-ring (bicyclic) bond motifs is 1. The van der Waals surface area contributed by atoms with E-state index in [4.69, 9.17) is 14.2 Å². The quantitative estimate of drug-likeness (QED) is 0.352. The summed E-state index contributed by atoms with van der Waals surface area (Å²) in [6.07, 6.45) is 0.0540. The van der Waals surface area contributed by atoms with Crippen LogP contribution >= 0.6 is 0 Å². The van der Waals surface area contributed by atoms with Crippen molar-refractivity contribution < 1.29 is 23.8 Å². The highest BCUT2D eigenvalue weighted by Gasteiger charge is 2.10. The number of rotatable bonds is 9. The van der Waals surface area contributed by atoms with Gasteiger partial charge in [0.1, 0.15) is 19.0 Å². The van der Waals surface area contributed by atoms with E-state index >= 15 is 0 Å². The predicted molar refractivity (Wildman–Crippen MR) is 123 cm³/mol. The van der Waals surface area contributed by atoms with Gasteiger partial charge >= 0.3 is 11.9 Å². The summed E-state index contributed by atoms with van der Waals surface area (Å²) >= 11 is 0. The Morgan fingerprint density at radius 2 is 1.42 bits per heavy atom.